The fourth-order valence-electron chi connectivity index (χ4n) is 1.72. The highest BCUT2D eigenvalue weighted by atomic mass is 16.6. The van der Waals surface area contributed by atoms with Crippen molar-refractivity contribution >= 4 is 6.09 Å². The average Bonchev–Trinajstić information content (AvgIpc) is 2.73. The normalized spacial score (nSPS) is 18.6. The second kappa shape index (κ2) is 5.50. The van der Waals surface area contributed by atoms with Crippen LogP contribution >= 0.6 is 0 Å². The molecule has 17 heavy (non-hydrogen) atoms. The molecule has 0 aromatic heterocycles. The summed E-state index contributed by atoms with van der Waals surface area (Å²) in [5, 5.41) is 2.70. The molecule has 0 aliphatic heterocycles. The van der Waals surface area contributed by atoms with Gasteiger partial charge in [0.25, 0.3) is 0 Å². The molecule has 90 valence electrons. The fraction of sp³-hybridized carbons (Fsp3) is 0.308. The van der Waals surface area contributed by atoms with Crippen molar-refractivity contribution in [1.82, 2.24) is 5.32 Å². The SMILES string of the molecule is NC1C=C(OC(=O)NCc2ccccc2)CC1. The summed E-state index contributed by atoms with van der Waals surface area (Å²) in [4.78, 5) is 11.5. The van der Waals surface area contributed by atoms with Crippen LogP contribution in [-0.4, -0.2) is 12.1 Å². The smallest absolute Gasteiger partial charge is 0.412 e. The monoisotopic (exact) mass is 232 g/mol. The predicted molar refractivity (Wildman–Crippen MR) is 65.1 cm³/mol. The van der Waals surface area contributed by atoms with E-state index < -0.39 is 6.09 Å². The Kier molecular flexibility index (Phi) is 3.77. The van der Waals surface area contributed by atoms with E-state index in [1.807, 2.05) is 30.3 Å². The molecule has 0 spiro atoms. The Morgan fingerprint density at radius 2 is 2.18 bits per heavy atom. The molecule has 1 aromatic rings. The van der Waals surface area contributed by atoms with Gasteiger partial charge in [0, 0.05) is 19.0 Å². The summed E-state index contributed by atoms with van der Waals surface area (Å²) < 4.78 is 5.13. The Balaban J connectivity index is 1.77. The lowest BCUT2D eigenvalue weighted by Crippen LogP contribution is -2.23. The minimum absolute atomic E-state index is 0.0203. The average molecular weight is 232 g/mol. The van der Waals surface area contributed by atoms with Crippen molar-refractivity contribution in [3.63, 3.8) is 0 Å². The predicted octanol–water partition coefficient (Wildman–Crippen LogP) is 1.92. The number of rotatable bonds is 3. The van der Waals surface area contributed by atoms with Gasteiger partial charge in [-0.3, -0.25) is 0 Å². The number of amides is 1. The summed E-state index contributed by atoms with van der Waals surface area (Å²) in [5.74, 6) is 0.670. The number of nitrogens with two attached hydrogens (primary N) is 1. The van der Waals surface area contributed by atoms with Gasteiger partial charge in [0.05, 0.1) is 0 Å². The van der Waals surface area contributed by atoms with Gasteiger partial charge in [-0.1, -0.05) is 30.3 Å². The molecule has 1 amide bonds. The highest BCUT2D eigenvalue weighted by Crippen LogP contribution is 2.17. The van der Waals surface area contributed by atoms with Gasteiger partial charge in [-0.2, -0.15) is 0 Å². The van der Waals surface area contributed by atoms with Crippen molar-refractivity contribution in [2.75, 3.05) is 0 Å². The number of hydrogen-bond donors (Lipinski definition) is 2. The molecular formula is C13H16N2O2. The first-order chi connectivity index (χ1) is 8.24. The third-order valence-electron chi connectivity index (χ3n) is 2.63. The molecule has 1 aliphatic carbocycles. The fourth-order valence-corrected chi connectivity index (χ4v) is 1.72. The largest absolute Gasteiger partial charge is 0.415 e. The quantitative estimate of drug-likeness (QED) is 0.836. The first-order valence-corrected chi connectivity index (χ1v) is 5.70. The molecule has 1 aliphatic rings. The van der Waals surface area contributed by atoms with Crippen LogP contribution < -0.4 is 11.1 Å². The molecule has 0 saturated carbocycles. The van der Waals surface area contributed by atoms with E-state index in [0.29, 0.717) is 12.3 Å². The van der Waals surface area contributed by atoms with Gasteiger partial charge in [0.1, 0.15) is 5.76 Å². The Bertz CT molecular complexity index is 415. The van der Waals surface area contributed by atoms with E-state index in [1.165, 1.54) is 0 Å². The van der Waals surface area contributed by atoms with Crippen LogP contribution in [0.5, 0.6) is 0 Å². The van der Waals surface area contributed by atoms with E-state index >= 15 is 0 Å². The first kappa shape index (κ1) is 11.7. The molecule has 1 aromatic carbocycles. The van der Waals surface area contributed by atoms with Gasteiger partial charge in [-0.25, -0.2) is 4.79 Å². The maximum atomic E-state index is 11.5. The molecule has 0 bridgehead atoms. The minimum Gasteiger partial charge on any atom is -0.415 e. The third-order valence-corrected chi connectivity index (χ3v) is 2.63. The van der Waals surface area contributed by atoms with Crippen LogP contribution in [0.4, 0.5) is 4.79 Å². The molecule has 0 fully saturated rings. The number of allylic oxidation sites excluding steroid dienone is 1. The molecule has 3 N–H and O–H groups in total. The van der Waals surface area contributed by atoms with Crippen LogP contribution in [-0.2, 0) is 11.3 Å². The van der Waals surface area contributed by atoms with E-state index in [9.17, 15) is 4.79 Å². The van der Waals surface area contributed by atoms with E-state index in [-0.39, 0.29) is 6.04 Å². The number of hydrogen-bond acceptors (Lipinski definition) is 3. The van der Waals surface area contributed by atoms with Gasteiger partial charge < -0.3 is 15.8 Å². The zero-order chi connectivity index (χ0) is 12.1. The Morgan fingerprint density at radius 3 is 2.82 bits per heavy atom. The summed E-state index contributed by atoms with van der Waals surface area (Å²) in [7, 11) is 0. The summed E-state index contributed by atoms with van der Waals surface area (Å²) in [5.41, 5.74) is 6.72. The van der Waals surface area contributed by atoms with E-state index in [1.54, 1.807) is 6.08 Å². The van der Waals surface area contributed by atoms with Crippen molar-refractivity contribution in [2.45, 2.75) is 25.4 Å². The zero-order valence-electron chi connectivity index (χ0n) is 9.56. The highest BCUT2D eigenvalue weighted by Gasteiger charge is 2.15. The second-order valence-electron chi connectivity index (χ2n) is 4.06. The topological polar surface area (TPSA) is 64.3 Å². The highest BCUT2D eigenvalue weighted by molar-refractivity contribution is 5.68. The van der Waals surface area contributed by atoms with Crippen molar-refractivity contribution in [2.24, 2.45) is 5.73 Å². The number of carbonyl (C=O) groups is 1. The summed E-state index contributed by atoms with van der Waals surface area (Å²) >= 11 is 0. The lowest BCUT2D eigenvalue weighted by molar-refractivity contribution is 0.173. The molecule has 4 heteroatoms. The molecule has 0 radical (unpaired) electrons. The van der Waals surface area contributed by atoms with Crippen LogP contribution in [0.15, 0.2) is 42.2 Å². The summed E-state index contributed by atoms with van der Waals surface area (Å²) in [6.45, 7) is 0.471. The molecule has 4 nitrogen and oxygen atoms in total. The molecule has 0 heterocycles. The van der Waals surface area contributed by atoms with Gasteiger partial charge in [0.2, 0.25) is 0 Å². The number of benzene rings is 1. The number of nitrogens with one attached hydrogen (secondary N) is 1. The van der Waals surface area contributed by atoms with Gasteiger partial charge >= 0.3 is 6.09 Å². The van der Waals surface area contributed by atoms with Crippen LogP contribution in [0.25, 0.3) is 0 Å². The van der Waals surface area contributed by atoms with Crippen LogP contribution in [0, 0.1) is 0 Å². The van der Waals surface area contributed by atoms with Gasteiger partial charge in [-0.05, 0) is 18.1 Å². The summed E-state index contributed by atoms with van der Waals surface area (Å²) in [6.07, 6.45) is 2.96. The van der Waals surface area contributed by atoms with E-state index in [0.717, 1.165) is 18.4 Å². The molecule has 0 saturated heterocycles. The zero-order valence-corrected chi connectivity index (χ0v) is 9.56. The lowest BCUT2D eigenvalue weighted by atomic mass is 10.2. The number of alkyl carbamates (subject to hydrolysis) is 1. The third kappa shape index (κ3) is 3.60. The Labute approximate surface area is 100 Å². The van der Waals surface area contributed by atoms with E-state index in [2.05, 4.69) is 5.32 Å². The molecule has 1 atom stereocenters. The van der Waals surface area contributed by atoms with Crippen molar-refractivity contribution in [3.8, 4) is 0 Å². The maximum absolute atomic E-state index is 11.5. The Hall–Kier alpha value is -1.81. The van der Waals surface area contributed by atoms with Crippen LogP contribution in [0.2, 0.25) is 0 Å². The number of carbonyl (C=O) groups excluding carboxylic acids is 1. The summed E-state index contributed by atoms with van der Waals surface area (Å²) in [6, 6.07) is 9.72. The van der Waals surface area contributed by atoms with Crippen LogP contribution in [0.3, 0.4) is 0 Å². The van der Waals surface area contributed by atoms with Gasteiger partial charge in [0.15, 0.2) is 0 Å². The van der Waals surface area contributed by atoms with Crippen LogP contribution in [0.1, 0.15) is 18.4 Å². The van der Waals surface area contributed by atoms with Crippen molar-refractivity contribution in [3.05, 3.63) is 47.7 Å². The lowest BCUT2D eigenvalue weighted by Gasteiger charge is -2.06. The maximum Gasteiger partial charge on any atom is 0.412 e. The number of ether oxygens (including phenoxy) is 1. The van der Waals surface area contributed by atoms with Crippen molar-refractivity contribution < 1.29 is 9.53 Å². The van der Waals surface area contributed by atoms with Crippen molar-refractivity contribution in [1.29, 1.82) is 0 Å². The van der Waals surface area contributed by atoms with Gasteiger partial charge in [-0.15, -0.1) is 0 Å². The molecule has 1 unspecified atom stereocenters. The minimum atomic E-state index is -0.422. The molecular weight excluding hydrogens is 216 g/mol. The first-order valence-electron chi connectivity index (χ1n) is 5.70. The second-order valence-corrected chi connectivity index (χ2v) is 4.06. The Morgan fingerprint density at radius 1 is 1.41 bits per heavy atom. The standard InChI is InChI=1S/C13H16N2O2/c14-11-6-7-12(8-11)17-13(16)15-9-10-4-2-1-3-5-10/h1-5,8,11H,6-7,9,14H2,(H,15,16). The molecule has 2 rings (SSSR count). The van der Waals surface area contributed by atoms with E-state index in [4.69, 9.17) is 10.5 Å².